The van der Waals surface area contributed by atoms with Crippen molar-refractivity contribution in [3.05, 3.63) is 0 Å². The molecule has 1 heterocycles. The van der Waals surface area contributed by atoms with Gasteiger partial charge in [0.05, 0.1) is 18.8 Å². The minimum Gasteiger partial charge on any atom is -0.378 e. The predicted molar refractivity (Wildman–Crippen MR) is 84.2 cm³/mol. The molecule has 0 saturated carbocycles. The average molecular weight is 308 g/mol. The summed E-state index contributed by atoms with van der Waals surface area (Å²) in [4.78, 5) is 14.3. The fourth-order valence-electron chi connectivity index (χ4n) is 2.44. The fraction of sp³-hybridized carbons (Fsp3) is 0.929. The van der Waals surface area contributed by atoms with E-state index in [1.807, 2.05) is 6.92 Å². The molecule has 0 spiro atoms. The van der Waals surface area contributed by atoms with Crippen LogP contribution in [0.4, 0.5) is 0 Å². The van der Waals surface area contributed by atoms with Crippen LogP contribution in [0.1, 0.15) is 40.5 Å². The quantitative estimate of drug-likeness (QED) is 0.772. The van der Waals surface area contributed by atoms with Gasteiger partial charge in [0.25, 0.3) is 0 Å². The normalized spacial score (nSPS) is 21.6. The highest BCUT2D eigenvalue weighted by Gasteiger charge is 2.31. The molecule has 6 heteroatoms. The molecule has 1 rings (SSSR count). The summed E-state index contributed by atoms with van der Waals surface area (Å²) in [7, 11) is 0. The summed E-state index contributed by atoms with van der Waals surface area (Å²) in [5.74, 6) is -0.0552. The number of hydrogen-bond acceptors (Lipinski definition) is 4. The van der Waals surface area contributed by atoms with Gasteiger partial charge in [-0.25, -0.2) is 0 Å². The topological polar surface area (TPSA) is 67.6 Å². The first-order valence-electron chi connectivity index (χ1n) is 7.19. The van der Waals surface area contributed by atoms with E-state index in [-0.39, 0.29) is 23.9 Å². The first kappa shape index (κ1) is 19.6. The van der Waals surface area contributed by atoms with Gasteiger partial charge in [-0.2, -0.15) is 0 Å². The Hall–Kier alpha value is -0.360. The Morgan fingerprint density at radius 3 is 2.70 bits per heavy atom. The van der Waals surface area contributed by atoms with Crippen molar-refractivity contribution in [3.8, 4) is 0 Å². The molecule has 1 fully saturated rings. The largest absolute Gasteiger partial charge is 0.378 e. The van der Waals surface area contributed by atoms with E-state index in [1.165, 1.54) is 0 Å². The van der Waals surface area contributed by atoms with Crippen molar-refractivity contribution in [1.82, 2.24) is 10.2 Å². The van der Waals surface area contributed by atoms with Crippen molar-refractivity contribution in [1.29, 1.82) is 0 Å². The molecular weight excluding hydrogens is 278 g/mol. The zero-order valence-corrected chi connectivity index (χ0v) is 14.0. The minimum atomic E-state index is -0.755. The second-order valence-corrected chi connectivity index (χ2v) is 6.28. The molecule has 0 radical (unpaired) electrons. The van der Waals surface area contributed by atoms with Gasteiger partial charge in [0.2, 0.25) is 5.91 Å². The first-order valence-corrected chi connectivity index (χ1v) is 7.19. The molecule has 1 saturated heterocycles. The van der Waals surface area contributed by atoms with Gasteiger partial charge in [-0.3, -0.25) is 9.69 Å². The number of nitrogens with one attached hydrogen (secondary N) is 1. The summed E-state index contributed by atoms with van der Waals surface area (Å²) in [6.07, 6.45) is 1.62. The zero-order valence-electron chi connectivity index (χ0n) is 13.2. The van der Waals surface area contributed by atoms with E-state index in [2.05, 4.69) is 24.1 Å². The van der Waals surface area contributed by atoms with Crippen LogP contribution in [0.3, 0.4) is 0 Å². The molecule has 0 aromatic rings. The Kier molecular flexibility index (Phi) is 8.03. The number of nitrogens with two attached hydrogens (primary N) is 1. The predicted octanol–water partition coefficient (Wildman–Crippen LogP) is 1.15. The summed E-state index contributed by atoms with van der Waals surface area (Å²) in [5.41, 5.74) is 5.28. The van der Waals surface area contributed by atoms with E-state index in [9.17, 15) is 4.79 Å². The van der Waals surface area contributed by atoms with Crippen molar-refractivity contribution in [2.24, 2.45) is 5.73 Å². The van der Waals surface area contributed by atoms with Crippen molar-refractivity contribution in [2.45, 2.75) is 51.6 Å². The van der Waals surface area contributed by atoms with Crippen LogP contribution in [-0.2, 0) is 9.53 Å². The standard InChI is InChI=1S/C14H29N3O2.ClH/c1-5-6-14(4,15)12(18)16-7-8-17-9-10-19-11-13(17,2)3;/h5-11,15H2,1-4H3,(H,16,18);1H. The van der Waals surface area contributed by atoms with Crippen molar-refractivity contribution >= 4 is 18.3 Å². The lowest BCUT2D eigenvalue weighted by molar-refractivity contribution is -0.126. The molecule has 1 aliphatic heterocycles. The van der Waals surface area contributed by atoms with Gasteiger partial charge in [0, 0.05) is 25.2 Å². The molecule has 0 aromatic heterocycles. The third kappa shape index (κ3) is 5.56. The van der Waals surface area contributed by atoms with Gasteiger partial charge in [0.1, 0.15) is 0 Å². The Morgan fingerprint density at radius 1 is 1.50 bits per heavy atom. The van der Waals surface area contributed by atoms with Crippen LogP contribution in [-0.4, -0.2) is 54.7 Å². The number of rotatable bonds is 6. The van der Waals surface area contributed by atoms with Crippen molar-refractivity contribution in [2.75, 3.05) is 32.8 Å². The van der Waals surface area contributed by atoms with Crippen LogP contribution < -0.4 is 11.1 Å². The lowest BCUT2D eigenvalue weighted by Crippen LogP contribution is -2.56. The van der Waals surface area contributed by atoms with Gasteiger partial charge < -0.3 is 15.8 Å². The van der Waals surface area contributed by atoms with E-state index in [4.69, 9.17) is 10.5 Å². The zero-order chi connectivity index (χ0) is 14.5. The Balaban J connectivity index is 0.00000361. The van der Waals surface area contributed by atoms with E-state index >= 15 is 0 Å². The molecule has 120 valence electrons. The lowest BCUT2D eigenvalue weighted by Gasteiger charge is -2.42. The fourth-order valence-corrected chi connectivity index (χ4v) is 2.44. The smallest absolute Gasteiger partial charge is 0.239 e. The molecule has 0 aliphatic carbocycles. The van der Waals surface area contributed by atoms with Crippen LogP contribution in [0.15, 0.2) is 0 Å². The Labute approximate surface area is 129 Å². The Bertz CT molecular complexity index is 309. The highest BCUT2D eigenvalue weighted by atomic mass is 35.5. The summed E-state index contributed by atoms with van der Waals surface area (Å²) >= 11 is 0. The Morgan fingerprint density at radius 2 is 2.15 bits per heavy atom. The average Bonchev–Trinajstić information content (AvgIpc) is 2.30. The number of amides is 1. The molecule has 0 bridgehead atoms. The van der Waals surface area contributed by atoms with E-state index < -0.39 is 5.54 Å². The first-order chi connectivity index (χ1) is 8.79. The van der Waals surface area contributed by atoms with E-state index in [0.717, 1.165) is 32.7 Å². The maximum atomic E-state index is 12.0. The monoisotopic (exact) mass is 307 g/mol. The number of halogens is 1. The van der Waals surface area contributed by atoms with Gasteiger partial charge >= 0.3 is 0 Å². The van der Waals surface area contributed by atoms with Gasteiger partial charge in [-0.15, -0.1) is 12.4 Å². The van der Waals surface area contributed by atoms with Crippen LogP contribution in [0, 0.1) is 0 Å². The molecule has 20 heavy (non-hydrogen) atoms. The summed E-state index contributed by atoms with van der Waals surface area (Å²) < 4.78 is 5.48. The third-order valence-corrected chi connectivity index (χ3v) is 3.77. The second kappa shape index (κ2) is 8.17. The number of morpholine rings is 1. The second-order valence-electron chi connectivity index (χ2n) is 6.28. The van der Waals surface area contributed by atoms with Gasteiger partial charge in [-0.05, 0) is 27.2 Å². The van der Waals surface area contributed by atoms with Gasteiger partial charge in [0.15, 0.2) is 0 Å². The lowest BCUT2D eigenvalue weighted by atomic mass is 9.96. The molecule has 1 aliphatic rings. The molecule has 0 aromatic carbocycles. The van der Waals surface area contributed by atoms with E-state index in [1.54, 1.807) is 6.92 Å². The summed E-state index contributed by atoms with van der Waals surface area (Å²) in [6, 6.07) is 0. The summed E-state index contributed by atoms with van der Waals surface area (Å²) in [5, 5.41) is 2.95. The van der Waals surface area contributed by atoms with E-state index in [0.29, 0.717) is 13.0 Å². The van der Waals surface area contributed by atoms with Crippen LogP contribution in [0.2, 0.25) is 0 Å². The highest BCUT2D eigenvalue weighted by molar-refractivity contribution is 5.85. The van der Waals surface area contributed by atoms with Crippen LogP contribution in [0.5, 0.6) is 0 Å². The maximum Gasteiger partial charge on any atom is 0.239 e. The van der Waals surface area contributed by atoms with Crippen molar-refractivity contribution in [3.63, 3.8) is 0 Å². The highest BCUT2D eigenvalue weighted by Crippen LogP contribution is 2.18. The third-order valence-electron chi connectivity index (χ3n) is 3.77. The molecule has 5 nitrogen and oxygen atoms in total. The van der Waals surface area contributed by atoms with Crippen LogP contribution in [0.25, 0.3) is 0 Å². The van der Waals surface area contributed by atoms with Crippen molar-refractivity contribution < 1.29 is 9.53 Å². The molecular formula is C14H30ClN3O2. The maximum absolute atomic E-state index is 12.0. The van der Waals surface area contributed by atoms with Crippen LogP contribution >= 0.6 is 12.4 Å². The molecule has 1 unspecified atom stereocenters. The molecule has 1 amide bonds. The number of carbonyl (C=O) groups is 1. The van der Waals surface area contributed by atoms with Gasteiger partial charge in [-0.1, -0.05) is 13.3 Å². The minimum absolute atomic E-state index is 0. The summed E-state index contributed by atoms with van der Waals surface area (Å²) in [6.45, 7) is 12.1. The number of ether oxygens (including phenoxy) is 1. The SMILES string of the molecule is CCCC(C)(N)C(=O)NCCN1CCOCC1(C)C.Cl. The number of nitrogens with zero attached hydrogens (tertiary/aromatic N) is 1. The number of carbonyl (C=O) groups excluding carboxylic acids is 1. The molecule has 3 N–H and O–H groups in total. The number of hydrogen-bond donors (Lipinski definition) is 2. The molecule has 1 atom stereocenters.